The van der Waals surface area contributed by atoms with E-state index in [0.29, 0.717) is 11.5 Å². The number of nitrogens with zero attached hydrogens (tertiary/aromatic N) is 2. The van der Waals surface area contributed by atoms with Crippen LogP contribution in [0.25, 0.3) is 11.0 Å². The third kappa shape index (κ3) is 3.35. The lowest BCUT2D eigenvalue weighted by Crippen LogP contribution is -2.16. The molecular formula is C22H19N3O. The summed E-state index contributed by atoms with van der Waals surface area (Å²) in [5.41, 5.74) is 3.77. The smallest absolute Gasteiger partial charge is 0.257 e. The molecule has 4 aromatic rings. The van der Waals surface area contributed by atoms with Crippen LogP contribution in [0.3, 0.4) is 0 Å². The largest absolute Gasteiger partial charge is 0.310 e. The van der Waals surface area contributed by atoms with E-state index in [9.17, 15) is 4.79 Å². The molecule has 0 fully saturated rings. The summed E-state index contributed by atoms with van der Waals surface area (Å²) in [6.07, 6.45) is 0.870. The van der Waals surface area contributed by atoms with E-state index in [0.717, 1.165) is 24.0 Å². The second-order valence-corrected chi connectivity index (χ2v) is 6.13. The first kappa shape index (κ1) is 16.1. The van der Waals surface area contributed by atoms with Gasteiger partial charge in [0.15, 0.2) is 0 Å². The highest BCUT2D eigenvalue weighted by Crippen LogP contribution is 2.21. The Labute approximate surface area is 152 Å². The predicted molar refractivity (Wildman–Crippen MR) is 104 cm³/mol. The van der Waals surface area contributed by atoms with Crippen molar-refractivity contribution in [2.24, 2.45) is 0 Å². The molecule has 3 aromatic carbocycles. The van der Waals surface area contributed by atoms with Gasteiger partial charge in [-0.1, -0.05) is 60.7 Å². The van der Waals surface area contributed by atoms with Gasteiger partial charge in [0.2, 0.25) is 5.95 Å². The molecule has 0 aliphatic heterocycles. The quantitative estimate of drug-likeness (QED) is 0.580. The van der Waals surface area contributed by atoms with E-state index < -0.39 is 0 Å². The Morgan fingerprint density at radius 3 is 2.27 bits per heavy atom. The minimum atomic E-state index is -0.151. The summed E-state index contributed by atoms with van der Waals surface area (Å²) in [7, 11) is 0. The van der Waals surface area contributed by atoms with E-state index in [1.807, 2.05) is 60.7 Å². The molecule has 0 aliphatic carbocycles. The number of aromatic nitrogens is 2. The standard InChI is InChI=1S/C22H19N3O/c26-21(18-11-5-2-6-12-18)24-22-23-19-13-7-8-14-20(19)25(22)16-15-17-9-3-1-4-10-17/h1-14H,15-16H2,(H,23,24,26). The van der Waals surface area contributed by atoms with Gasteiger partial charge in [-0.25, -0.2) is 4.98 Å². The molecule has 1 N–H and O–H groups in total. The van der Waals surface area contributed by atoms with Gasteiger partial charge >= 0.3 is 0 Å². The SMILES string of the molecule is O=C(Nc1nc2ccccc2n1CCc1ccccc1)c1ccccc1. The van der Waals surface area contributed by atoms with Crippen molar-refractivity contribution in [1.82, 2.24) is 9.55 Å². The number of para-hydroxylation sites is 2. The number of carbonyl (C=O) groups is 1. The summed E-state index contributed by atoms with van der Waals surface area (Å²) in [6, 6.07) is 27.5. The van der Waals surface area contributed by atoms with E-state index in [4.69, 9.17) is 0 Å². The molecular weight excluding hydrogens is 322 g/mol. The minimum absolute atomic E-state index is 0.151. The summed E-state index contributed by atoms with van der Waals surface area (Å²) in [4.78, 5) is 17.2. The van der Waals surface area contributed by atoms with Crippen LogP contribution in [0.4, 0.5) is 5.95 Å². The summed E-state index contributed by atoms with van der Waals surface area (Å²) < 4.78 is 2.07. The lowest BCUT2D eigenvalue weighted by molar-refractivity contribution is 0.102. The Balaban J connectivity index is 1.64. The van der Waals surface area contributed by atoms with Crippen molar-refractivity contribution in [3.8, 4) is 0 Å². The van der Waals surface area contributed by atoms with Crippen molar-refractivity contribution in [3.05, 3.63) is 96.1 Å². The van der Waals surface area contributed by atoms with Gasteiger partial charge in [0, 0.05) is 12.1 Å². The van der Waals surface area contributed by atoms with Gasteiger partial charge < -0.3 is 4.57 Å². The fourth-order valence-corrected chi connectivity index (χ4v) is 3.05. The van der Waals surface area contributed by atoms with Crippen molar-refractivity contribution in [2.45, 2.75) is 13.0 Å². The van der Waals surface area contributed by atoms with Gasteiger partial charge in [-0.3, -0.25) is 10.1 Å². The lowest BCUT2D eigenvalue weighted by atomic mass is 10.1. The van der Waals surface area contributed by atoms with Crippen LogP contribution in [0.1, 0.15) is 15.9 Å². The number of benzene rings is 3. The zero-order valence-electron chi connectivity index (χ0n) is 14.3. The molecule has 0 spiro atoms. The van der Waals surface area contributed by atoms with E-state index in [1.165, 1.54) is 5.56 Å². The van der Waals surface area contributed by atoms with Crippen molar-refractivity contribution in [3.63, 3.8) is 0 Å². The number of hydrogen-bond donors (Lipinski definition) is 1. The first-order chi connectivity index (χ1) is 12.8. The highest BCUT2D eigenvalue weighted by atomic mass is 16.1. The molecule has 0 radical (unpaired) electrons. The molecule has 4 nitrogen and oxygen atoms in total. The number of rotatable bonds is 5. The Bertz CT molecular complexity index is 1020. The zero-order valence-corrected chi connectivity index (χ0v) is 14.3. The predicted octanol–water partition coefficient (Wildman–Crippen LogP) is 4.53. The summed E-state index contributed by atoms with van der Waals surface area (Å²) in [6.45, 7) is 0.745. The average molecular weight is 341 g/mol. The van der Waals surface area contributed by atoms with Gasteiger partial charge in [0.05, 0.1) is 11.0 Å². The highest BCUT2D eigenvalue weighted by Gasteiger charge is 2.14. The maximum absolute atomic E-state index is 12.6. The van der Waals surface area contributed by atoms with Crippen LogP contribution in [-0.4, -0.2) is 15.5 Å². The number of fused-ring (bicyclic) bond motifs is 1. The van der Waals surface area contributed by atoms with Gasteiger partial charge in [-0.05, 0) is 36.2 Å². The molecule has 128 valence electrons. The Kier molecular flexibility index (Phi) is 4.48. The molecule has 1 aromatic heterocycles. The van der Waals surface area contributed by atoms with Gasteiger partial charge in [0.25, 0.3) is 5.91 Å². The molecule has 0 saturated carbocycles. The van der Waals surface area contributed by atoms with Crippen molar-refractivity contribution < 1.29 is 4.79 Å². The van der Waals surface area contributed by atoms with Gasteiger partial charge in [-0.2, -0.15) is 0 Å². The van der Waals surface area contributed by atoms with Crippen molar-refractivity contribution >= 4 is 22.9 Å². The highest BCUT2D eigenvalue weighted by molar-refractivity contribution is 6.04. The maximum Gasteiger partial charge on any atom is 0.257 e. The van der Waals surface area contributed by atoms with Crippen molar-refractivity contribution in [1.29, 1.82) is 0 Å². The van der Waals surface area contributed by atoms with Gasteiger partial charge in [-0.15, -0.1) is 0 Å². The van der Waals surface area contributed by atoms with E-state index in [2.05, 4.69) is 27.0 Å². The van der Waals surface area contributed by atoms with E-state index in [1.54, 1.807) is 12.1 Å². The molecule has 0 bridgehead atoms. The first-order valence-corrected chi connectivity index (χ1v) is 8.67. The Hall–Kier alpha value is -3.40. The molecule has 4 heteroatoms. The van der Waals surface area contributed by atoms with E-state index >= 15 is 0 Å². The number of hydrogen-bond acceptors (Lipinski definition) is 2. The van der Waals surface area contributed by atoms with E-state index in [-0.39, 0.29) is 5.91 Å². The van der Waals surface area contributed by atoms with Crippen LogP contribution >= 0.6 is 0 Å². The fourth-order valence-electron chi connectivity index (χ4n) is 3.05. The molecule has 4 rings (SSSR count). The number of aryl methyl sites for hydroxylation is 2. The summed E-state index contributed by atoms with van der Waals surface area (Å²) in [5.74, 6) is 0.429. The molecule has 1 heterocycles. The Morgan fingerprint density at radius 1 is 0.846 bits per heavy atom. The monoisotopic (exact) mass is 341 g/mol. The van der Waals surface area contributed by atoms with Crippen LogP contribution in [0, 0.1) is 0 Å². The average Bonchev–Trinajstić information content (AvgIpc) is 3.05. The number of nitrogens with one attached hydrogen (secondary N) is 1. The van der Waals surface area contributed by atoms with Crippen LogP contribution in [0.5, 0.6) is 0 Å². The van der Waals surface area contributed by atoms with Gasteiger partial charge in [0.1, 0.15) is 0 Å². The maximum atomic E-state index is 12.6. The number of anilines is 1. The fraction of sp³-hybridized carbons (Fsp3) is 0.0909. The van der Waals surface area contributed by atoms with Crippen LogP contribution < -0.4 is 5.32 Å². The molecule has 0 aliphatic rings. The third-order valence-electron chi connectivity index (χ3n) is 4.38. The topological polar surface area (TPSA) is 46.9 Å². The summed E-state index contributed by atoms with van der Waals surface area (Å²) >= 11 is 0. The second-order valence-electron chi connectivity index (χ2n) is 6.13. The summed E-state index contributed by atoms with van der Waals surface area (Å²) in [5, 5.41) is 2.97. The molecule has 0 saturated heterocycles. The van der Waals surface area contributed by atoms with Crippen LogP contribution in [0.2, 0.25) is 0 Å². The molecule has 0 unspecified atom stereocenters. The number of amides is 1. The van der Waals surface area contributed by atoms with Crippen LogP contribution in [0.15, 0.2) is 84.9 Å². The lowest BCUT2D eigenvalue weighted by Gasteiger charge is -2.10. The zero-order chi connectivity index (χ0) is 17.8. The molecule has 0 atom stereocenters. The first-order valence-electron chi connectivity index (χ1n) is 8.67. The number of carbonyl (C=O) groups excluding carboxylic acids is 1. The molecule has 26 heavy (non-hydrogen) atoms. The molecule has 1 amide bonds. The number of imidazole rings is 1. The Morgan fingerprint density at radius 2 is 1.50 bits per heavy atom. The van der Waals surface area contributed by atoms with Crippen molar-refractivity contribution in [2.75, 3.05) is 5.32 Å². The normalized spacial score (nSPS) is 10.8. The second kappa shape index (κ2) is 7.23. The minimum Gasteiger partial charge on any atom is -0.310 e. The van der Waals surface area contributed by atoms with Crippen LogP contribution in [-0.2, 0) is 13.0 Å². The third-order valence-corrected chi connectivity index (χ3v) is 4.38.